The molecule has 1 saturated heterocycles. The Bertz CT molecular complexity index is 553. The van der Waals surface area contributed by atoms with Gasteiger partial charge in [-0.25, -0.2) is 0 Å². The fourth-order valence-electron chi connectivity index (χ4n) is 2.69. The van der Waals surface area contributed by atoms with Gasteiger partial charge in [0.15, 0.2) is 6.61 Å². The van der Waals surface area contributed by atoms with Gasteiger partial charge in [0, 0.05) is 32.7 Å². The van der Waals surface area contributed by atoms with Gasteiger partial charge in [0.2, 0.25) is 0 Å². The number of halogens is 3. The summed E-state index contributed by atoms with van der Waals surface area (Å²) >= 11 is 0. The van der Waals surface area contributed by atoms with Gasteiger partial charge < -0.3 is 9.64 Å². The van der Waals surface area contributed by atoms with E-state index in [1.165, 1.54) is 12.1 Å². The maximum Gasteiger partial charge on any atom is 0.416 e. The number of hydrogen-bond acceptors (Lipinski definition) is 3. The van der Waals surface area contributed by atoms with E-state index in [1.54, 1.807) is 4.90 Å². The average Bonchev–Trinajstić information content (AvgIpc) is 2.52. The van der Waals surface area contributed by atoms with Crippen LogP contribution in [0.3, 0.4) is 0 Å². The molecule has 0 unspecified atom stereocenters. The summed E-state index contributed by atoms with van der Waals surface area (Å²) in [5.74, 6) is 0.435. The largest absolute Gasteiger partial charge is 0.484 e. The first-order chi connectivity index (χ1) is 11.3. The first kappa shape index (κ1) is 18.6. The molecule has 0 aliphatic carbocycles. The Kier molecular flexibility index (Phi) is 6.10. The van der Waals surface area contributed by atoms with Crippen molar-refractivity contribution in [1.29, 1.82) is 0 Å². The van der Waals surface area contributed by atoms with Crippen LogP contribution in [0, 0.1) is 5.92 Å². The van der Waals surface area contributed by atoms with Gasteiger partial charge in [-0.05, 0) is 24.1 Å². The lowest BCUT2D eigenvalue weighted by molar-refractivity contribution is -0.137. The number of rotatable bonds is 5. The Morgan fingerprint density at radius 3 is 2.46 bits per heavy atom. The smallest absolute Gasteiger partial charge is 0.416 e. The third-order valence-corrected chi connectivity index (χ3v) is 3.87. The second-order valence-corrected chi connectivity index (χ2v) is 6.39. The van der Waals surface area contributed by atoms with Crippen LogP contribution in [0.5, 0.6) is 5.75 Å². The van der Waals surface area contributed by atoms with Crippen molar-refractivity contribution in [3.05, 3.63) is 29.8 Å². The zero-order valence-corrected chi connectivity index (χ0v) is 14.0. The molecule has 0 radical (unpaired) electrons. The first-order valence-corrected chi connectivity index (χ1v) is 8.06. The van der Waals surface area contributed by atoms with Crippen LogP contribution in [0.1, 0.15) is 19.4 Å². The highest BCUT2D eigenvalue weighted by Crippen LogP contribution is 2.31. The van der Waals surface area contributed by atoms with Crippen molar-refractivity contribution in [2.75, 3.05) is 39.3 Å². The summed E-state index contributed by atoms with van der Waals surface area (Å²) in [5.41, 5.74) is -0.783. The van der Waals surface area contributed by atoms with Gasteiger partial charge in [-0.2, -0.15) is 13.2 Å². The monoisotopic (exact) mass is 344 g/mol. The molecule has 0 saturated carbocycles. The van der Waals surface area contributed by atoms with Gasteiger partial charge in [-0.1, -0.05) is 19.9 Å². The lowest BCUT2D eigenvalue weighted by atomic mass is 10.2. The Morgan fingerprint density at radius 2 is 1.88 bits per heavy atom. The molecule has 24 heavy (non-hydrogen) atoms. The minimum absolute atomic E-state index is 0.0524. The molecule has 7 heteroatoms. The number of piperazine rings is 1. The molecular weight excluding hydrogens is 321 g/mol. The molecule has 0 bridgehead atoms. The number of carbonyl (C=O) groups is 1. The maximum absolute atomic E-state index is 12.6. The molecule has 134 valence electrons. The van der Waals surface area contributed by atoms with Gasteiger partial charge in [0.05, 0.1) is 5.56 Å². The van der Waals surface area contributed by atoms with Crippen LogP contribution in [0.4, 0.5) is 13.2 Å². The van der Waals surface area contributed by atoms with Crippen molar-refractivity contribution in [1.82, 2.24) is 9.80 Å². The number of carbonyl (C=O) groups excluding carboxylic acids is 1. The third kappa shape index (κ3) is 5.40. The number of ether oxygens (including phenoxy) is 1. The summed E-state index contributed by atoms with van der Waals surface area (Å²) in [7, 11) is 0. The molecule has 0 N–H and O–H groups in total. The quantitative estimate of drug-likeness (QED) is 0.823. The molecule has 1 fully saturated rings. The highest BCUT2D eigenvalue weighted by molar-refractivity contribution is 5.77. The van der Waals surface area contributed by atoms with E-state index in [0.717, 1.165) is 31.8 Å². The summed E-state index contributed by atoms with van der Waals surface area (Å²) < 4.78 is 43.2. The molecule has 1 aliphatic heterocycles. The van der Waals surface area contributed by atoms with E-state index < -0.39 is 11.7 Å². The van der Waals surface area contributed by atoms with Crippen LogP contribution in [-0.2, 0) is 11.0 Å². The average molecular weight is 344 g/mol. The van der Waals surface area contributed by atoms with Gasteiger partial charge in [-0.3, -0.25) is 9.69 Å². The van der Waals surface area contributed by atoms with E-state index in [2.05, 4.69) is 18.7 Å². The second-order valence-electron chi connectivity index (χ2n) is 6.39. The van der Waals surface area contributed by atoms with Crippen LogP contribution in [-0.4, -0.2) is 55.0 Å². The summed E-state index contributed by atoms with van der Waals surface area (Å²) in [6.07, 6.45) is -4.42. The van der Waals surface area contributed by atoms with Crippen molar-refractivity contribution in [3.63, 3.8) is 0 Å². The third-order valence-electron chi connectivity index (χ3n) is 3.87. The van der Waals surface area contributed by atoms with Gasteiger partial charge in [0.1, 0.15) is 5.75 Å². The van der Waals surface area contributed by atoms with Crippen LogP contribution < -0.4 is 4.74 Å². The molecule has 1 aliphatic rings. The number of nitrogens with zero attached hydrogens (tertiary/aromatic N) is 2. The van der Waals surface area contributed by atoms with Crippen LogP contribution in [0.15, 0.2) is 24.3 Å². The SMILES string of the molecule is CC(C)CN1CCN(C(=O)COc2cccc(C(F)(F)F)c2)CC1. The van der Waals surface area contributed by atoms with E-state index in [0.29, 0.717) is 19.0 Å². The number of amides is 1. The molecular formula is C17H23F3N2O2. The van der Waals surface area contributed by atoms with Crippen LogP contribution >= 0.6 is 0 Å². The summed E-state index contributed by atoms with van der Waals surface area (Å²) in [5, 5.41) is 0. The van der Waals surface area contributed by atoms with Crippen molar-refractivity contribution in [2.45, 2.75) is 20.0 Å². The minimum atomic E-state index is -4.42. The number of alkyl halides is 3. The molecule has 1 heterocycles. The molecule has 0 atom stereocenters. The second kappa shape index (κ2) is 7.88. The molecule has 1 aromatic carbocycles. The van der Waals surface area contributed by atoms with Crippen molar-refractivity contribution >= 4 is 5.91 Å². The first-order valence-electron chi connectivity index (χ1n) is 8.06. The fourth-order valence-corrected chi connectivity index (χ4v) is 2.69. The van der Waals surface area contributed by atoms with Gasteiger partial charge >= 0.3 is 6.18 Å². The maximum atomic E-state index is 12.6. The topological polar surface area (TPSA) is 32.8 Å². The summed E-state index contributed by atoms with van der Waals surface area (Å²) in [6.45, 7) is 7.94. The van der Waals surface area contributed by atoms with E-state index in [4.69, 9.17) is 4.74 Å². The Hall–Kier alpha value is -1.76. The zero-order valence-electron chi connectivity index (χ0n) is 14.0. The molecule has 0 spiro atoms. The van der Waals surface area contributed by atoms with E-state index in [1.807, 2.05) is 0 Å². The predicted molar refractivity (Wildman–Crippen MR) is 84.8 cm³/mol. The normalized spacial score (nSPS) is 16.5. The lowest BCUT2D eigenvalue weighted by Gasteiger charge is -2.35. The van der Waals surface area contributed by atoms with E-state index >= 15 is 0 Å². The van der Waals surface area contributed by atoms with Crippen LogP contribution in [0.2, 0.25) is 0 Å². The Balaban J connectivity index is 1.82. The minimum Gasteiger partial charge on any atom is -0.484 e. The van der Waals surface area contributed by atoms with Crippen LogP contribution in [0.25, 0.3) is 0 Å². The molecule has 1 aromatic rings. The lowest BCUT2D eigenvalue weighted by Crippen LogP contribution is -2.50. The van der Waals surface area contributed by atoms with Gasteiger partial charge in [0.25, 0.3) is 5.91 Å². The van der Waals surface area contributed by atoms with Crippen molar-refractivity contribution in [3.8, 4) is 5.75 Å². The predicted octanol–water partition coefficient (Wildman–Crippen LogP) is 2.88. The van der Waals surface area contributed by atoms with E-state index in [9.17, 15) is 18.0 Å². The Morgan fingerprint density at radius 1 is 1.21 bits per heavy atom. The molecule has 4 nitrogen and oxygen atoms in total. The highest BCUT2D eigenvalue weighted by Gasteiger charge is 2.30. The molecule has 1 amide bonds. The van der Waals surface area contributed by atoms with Crippen molar-refractivity contribution < 1.29 is 22.7 Å². The Labute approximate surface area is 140 Å². The number of benzene rings is 1. The molecule has 2 rings (SSSR count). The summed E-state index contributed by atoms with van der Waals surface area (Å²) in [4.78, 5) is 16.1. The van der Waals surface area contributed by atoms with Gasteiger partial charge in [-0.15, -0.1) is 0 Å². The fraction of sp³-hybridized carbons (Fsp3) is 0.588. The highest BCUT2D eigenvalue weighted by atomic mass is 19.4. The van der Waals surface area contributed by atoms with Crippen molar-refractivity contribution in [2.24, 2.45) is 5.92 Å². The number of hydrogen-bond donors (Lipinski definition) is 0. The summed E-state index contributed by atoms with van der Waals surface area (Å²) in [6, 6.07) is 4.58. The van der Waals surface area contributed by atoms with E-state index in [-0.39, 0.29) is 18.3 Å². The standard InChI is InChI=1S/C17H23F3N2O2/c1-13(2)11-21-6-8-22(9-7-21)16(23)12-24-15-5-3-4-14(10-15)17(18,19)20/h3-5,10,13H,6-9,11-12H2,1-2H3. The molecule has 0 aromatic heterocycles. The zero-order chi connectivity index (χ0) is 17.7.